The number of hydrogen-bond acceptors (Lipinski definition) is 3. The van der Waals surface area contributed by atoms with Crippen molar-refractivity contribution < 1.29 is 9.21 Å². The standard InChI is InChI=1S/C8H10N2O2/c1-3-4-9-8(11)7-5-10-6(2)12-7/h3,5H,1,4H2,2H3,(H,9,11). The normalized spacial score (nSPS) is 9.42. The second-order valence-electron chi connectivity index (χ2n) is 2.24. The average Bonchev–Trinajstić information content (AvgIpc) is 2.47. The molecule has 0 bridgehead atoms. The third-order valence-electron chi connectivity index (χ3n) is 1.25. The molecule has 0 radical (unpaired) electrons. The zero-order valence-corrected chi connectivity index (χ0v) is 6.83. The Labute approximate surface area is 70.3 Å². The van der Waals surface area contributed by atoms with Crippen LogP contribution in [0.4, 0.5) is 0 Å². The van der Waals surface area contributed by atoms with E-state index in [-0.39, 0.29) is 11.7 Å². The summed E-state index contributed by atoms with van der Waals surface area (Å²) in [5.74, 6) is 0.448. The van der Waals surface area contributed by atoms with Crippen molar-refractivity contribution in [3.63, 3.8) is 0 Å². The second kappa shape index (κ2) is 3.71. The summed E-state index contributed by atoms with van der Waals surface area (Å²) in [6.45, 7) is 5.58. The van der Waals surface area contributed by atoms with Crippen LogP contribution >= 0.6 is 0 Å². The van der Waals surface area contributed by atoms with Gasteiger partial charge in [-0.25, -0.2) is 4.98 Å². The summed E-state index contributed by atoms with van der Waals surface area (Å²) < 4.78 is 4.98. The van der Waals surface area contributed by atoms with Gasteiger partial charge in [0, 0.05) is 13.5 Å². The molecule has 0 saturated heterocycles. The molecule has 1 heterocycles. The van der Waals surface area contributed by atoms with E-state index in [0.717, 1.165) is 0 Å². The quantitative estimate of drug-likeness (QED) is 0.678. The number of amides is 1. The first kappa shape index (κ1) is 8.52. The number of rotatable bonds is 3. The summed E-state index contributed by atoms with van der Waals surface area (Å²) in [5.41, 5.74) is 0. The molecule has 4 nitrogen and oxygen atoms in total. The van der Waals surface area contributed by atoms with Crippen molar-refractivity contribution in [3.8, 4) is 0 Å². The van der Waals surface area contributed by atoms with Crippen molar-refractivity contribution in [2.45, 2.75) is 6.92 Å². The fourth-order valence-corrected chi connectivity index (χ4v) is 0.718. The van der Waals surface area contributed by atoms with Crippen LogP contribution < -0.4 is 5.32 Å². The van der Waals surface area contributed by atoms with Crippen LogP contribution in [0.15, 0.2) is 23.3 Å². The van der Waals surface area contributed by atoms with Gasteiger partial charge in [0.25, 0.3) is 5.91 Å². The van der Waals surface area contributed by atoms with E-state index >= 15 is 0 Å². The molecule has 0 unspecified atom stereocenters. The van der Waals surface area contributed by atoms with Gasteiger partial charge in [-0.2, -0.15) is 0 Å². The Morgan fingerprint density at radius 2 is 2.67 bits per heavy atom. The molecule has 1 N–H and O–H groups in total. The van der Waals surface area contributed by atoms with E-state index in [1.807, 2.05) is 0 Å². The van der Waals surface area contributed by atoms with E-state index < -0.39 is 0 Å². The minimum Gasteiger partial charge on any atom is -0.436 e. The van der Waals surface area contributed by atoms with Crippen LogP contribution in [0.1, 0.15) is 16.4 Å². The highest BCUT2D eigenvalue weighted by molar-refractivity contribution is 5.91. The highest BCUT2D eigenvalue weighted by atomic mass is 16.4. The van der Waals surface area contributed by atoms with Crippen LogP contribution in [-0.4, -0.2) is 17.4 Å². The number of nitrogens with one attached hydrogen (secondary N) is 1. The van der Waals surface area contributed by atoms with E-state index in [1.165, 1.54) is 6.20 Å². The lowest BCUT2D eigenvalue weighted by molar-refractivity contribution is 0.0929. The number of nitrogens with zero attached hydrogens (tertiary/aromatic N) is 1. The smallest absolute Gasteiger partial charge is 0.288 e. The number of aromatic nitrogens is 1. The lowest BCUT2D eigenvalue weighted by Gasteiger charge is -1.95. The summed E-state index contributed by atoms with van der Waals surface area (Å²) in [4.78, 5) is 14.9. The van der Waals surface area contributed by atoms with Gasteiger partial charge in [-0.1, -0.05) is 6.08 Å². The van der Waals surface area contributed by atoms with Gasteiger partial charge < -0.3 is 9.73 Å². The van der Waals surface area contributed by atoms with Gasteiger partial charge >= 0.3 is 0 Å². The van der Waals surface area contributed by atoms with Crippen molar-refractivity contribution in [2.24, 2.45) is 0 Å². The molecule has 0 aliphatic heterocycles. The molecular formula is C8H10N2O2. The second-order valence-corrected chi connectivity index (χ2v) is 2.24. The zero-order chi connectivity index (χ0) is 8.97. The number of aryl methyl sites for hydroxylation is 1. The van der Waals surface area contributed by atoms with Gasteiger partial charge in [0.1, 0.15) is 0 Å². The van der Waals surface area contributed by atoms with E-state index in [0.29, 0.717) is 12.4 Å². The lowest BCUT2D eigenvalue weighted by Crippen LogP contribution is -2.22. The van der Waals surface area contributed by atoms with E-state index in [2.05, 4.69) is 16.9 Å². The number of carbonyl (C=O) groups is 1. The molecule has 0 atom stereocenters. The molecule has 1 aromatic rings. The van der Waals surface area contributed by atoms with E-state index in [1.54, 1.807) is 13.0 Å². The summed E-state index contributed by atoms with van der Waals surface area (Å²) in [7, 11) is 0. The van der Waals surface area contributed by atoms with Crippen LogP contribution in [0.25, 0.3) is 0 Å². The Morgan fingerprint density at radius 1 is 1.92 bits per heavy atom. The minimum absolute atomic E-state index is 0.231. The monoisotopic (exact) mass is 166 g/mol. The third-order valence-corrected chi connectivity index (χ3v) is 1.25. The molecule has 0 aliphatic carbocycles. The van der Waals surface area contributed by atoms with Gasteiger partial charge in [0.15, 0.2) is 5.89 Å². The molecular weight excluding hydrogens is 156 g/mol. The van der Waals surface area contributed by atoms with Crippen LogP contribution in [0.3, 0.4) is 0 Å². The average molecular weight is 166 g/mol. The maximum atomic E-state index is 11.1. The highest BCUT2D eigenvalue weighted by Gasteiger charge is 2.08. The topological polar surface area (TPSA) is 55.1 Å². The van der Waals surface area contributed by atoms with E-state index in [4.69, 9.17) is 4.42 Å². The predicted molar refractivity (Wildman–Crippen MR) is 43.8 cm³/mol. The first-order valence-electron chi connectivity index (χ1n) is 3.55. The summed E-state index contributed by atoms with van der Waals surface area (Å²) in [6.07, 6.45) is 2.99. The van der Waals surface area contributed by atoms with Gasteiger partial charge in [0.2, 0.25) is 5.76 Å². The molecule has 0 aromatic carbocycles. The molecule has 0 fully saturated rings. The molecule has 0 aliphatic rings. The SMILES string of the molecule is C=CCNC(=O)c1cnc(C)o1. The molecule has 0 spiro atoms. The number of carbonyl (C=O) groups excluding carboxylic acids is 1. The highest BCUT2D eigenvalue weighted by Crippen LogP contribution is 2.00. The molecule has 1 aromatic heterocycles. The number of hydrogen-bond donors (Lipinski definition) is 1. The molecule has 0 saturated carbocycles. The van der Waals surface area contributed by atoms with Crippen molar-refractivity contribution in [1.29, 1.82) is 0 Å². The summed E-state index contributed by atoms with van der Waals surface area (Å²) in [5, 5.41) is 2.57. The van der Waals surface area contributed by atoms with Crippen LogP contribution in [0.5, 0.6) is 0 Å². The van der Waals surface area contributed by atoms with E-state index in [9.17, 15) is 4.79 Å². The van der Waals surface area contributed by atoms with Crippen molar-refractivity contribution in [1.82, 2.24) is 10.3 Å². The minimum atomic E-state index is -0.268. The van der Waals surface area contributed by atoms with Crippen LogP contribution in [0, 0.1) is 6.92 Å². The Hall–Kier alpha value is -1.58. The molecule has 12 heavy (non-hydrogen) atoms. The fourth-order valence-electron chi connectivity index (χ4n) is 0.718. The fraction of sp³-hybridized carbons (Fsp3) is 0.250. The summed E-state index contributed by atoms with van der Waals surface area (Å²) >= 11 is 0. The van der Waals surface area contributed by atoms with Gasteiger partial charge in [-0.05, 0) is 0 Å². The summed E-state index contributed by atoms with van der Waals surface area (Å²) in [6, 6.07) is 0. The Balaban J connectivity index is 2.59. The third kappa shape index (κ3) is 1.95. The number of oxazole rings is 1. The van der Waals surface area contributed by atoms with Crippen LogP contribution in [0.2, 0.25) is 0 Å². The lowest BCUT2D eigenvalue weighted by atomic mass is 10.4. The zero-order valence-electron chi connectivity index (χ0n) is 6.83. The van der Waals surface area contributed by atoms with Gasteiger partial charge in [0.05, 0.1) is 6.20 Å². The predicted octanol–water partition coefficient (Wildman–Crippen LogP) is 0.899. The van der Waals surface area contributed by atoms with Gasteiger partial charge in [-0.15, -0.1) is 6.58 Å². The Morgan fingerprint density at radius 3 is 3.17 bits per heavy atom. The molecule has 64 valence electrons. The molecule has 1 amide bonds. The van der Waals surface area contributed by atoms with Crippen molar-refractivity contribution >= 4 is 5.91 Å². The van der Waals surface area contributed by atoms with Gasteiger partial charge in [-0.3, -0.25) is 4.79 Å². The molecule has 4 heteroatoms. The molecule has 1 rings (SSSR count). The maximum Gasteiger partial charge on any atom is 0.288 e. The van der Waals surface area contributed by atoms with Crippen LogP contribution in [-0.2, 0) is 0 Å². The van der Waals surface area contributed by atoms with Crippen molar-refractivity contribution in [2.75, 3.05) is 6.54 Å². The maximum absolute atomic E-state index is 11.1. The Bertz CT molecular complexity index is 291. The van der Waals surface area contributed by atoms with Crippen molar-refractivity contribution in [3.05, 3.63) is 30.5 Å². The first-order chi connectivity index (χ1) is 5.74. The Kier molecular flexibility index (Phi) is 2.63. The first-order valence-corrected chi connectivity index (χ1v) is 3.55. The largest absolute Gasteiger partial charge is 0.436 e.